The molecule has 22 heavy (non-hydrogen) atoms. The van der Waals surface area contributed by atoms with Crippen LogP contribution in [0.25, 0.3) is 0 Å². The van der Waals surface area contributed by atoms with Crippen LogP contribution in [-0.2, 0) is 16.1 Å². The molecule has 5 nitrogen and oxygen atoms in total. The number of halogens is 1. The van der Waals surface area contributed by atoms with E-state index in [4.69, 9.17) is 9.47 Å². The Morgan fingerprint density at radius 2 is 2.18 bits per heavy atom. The van der Waals surface area contributed by atoms with Crippen LogP contribution in [0.4, 0.5) is 0 Å². The summed E-state index contributed by atoms with van der Waals surface area (Å²) in [7, 11) is 1.65. The van der Waals surface area contributed by atoms with Gasteiger partial charge in [0.1, 0.15) is 5.75 Å². The average Bonchev–Trinajstić information content (AvgIpc) is 3.05. The second-order valence-electron chi connectivity index (χ2n) is 4.82. The maximum atomic E-state index is 11.7. The van der Waals surface area contributed by atoms with Gasteiger partial charge in [-0.2, -0.15) is 0 Å². The van der Waals surface area contributed by atoms with Crippen molar-refractivity contribution in [2.75, 3.05) is 31.9 Å². The first-order valence-corrected chi connectivity index (χ1v) is 8.24. The van der Waals surface area contributed by atoms with Crippen LogP contribution < -0.4 is 15.4 Å². The average molecular weight is 347 g/mol. The minimum Gasteiger partial charge on any atom is -0.497 e. The molecule has 1 amide bonds. The van der Waals surface area contributed by atoms with Crippen molar-refractivity contribution < 1.29 is 14.3 Å². The van der Waals surface area contributed by atoms with Gasteiger partial charge in [-0.25, -0.2) is 0 Å². The lowest BCUT2D eigenvalue weighted by Gasteiger charge is -2.10. The molecule has 0 saturated carbocycles. The number of benzene rings is 1. The van der Waals surface area contributed by atoms with Crippen LogP contribution in [0, 0.1) is 0 Å². The minimum atomic E-state index is -0.0322. The fourth-order valence-electron chi connectivity index (χ4n) is 1.98. The van der Waals surface area contributed by atoms with E-state index < -0.39 is 0 Å². The number of thioether (sulfide) groups is 1. The monoisotopic (exact) mass is 346 g/mol. The molecular weight excluding hydrogens is 324 g/mol. The van der Waals surface area contributed by atoms with E-state index in [0.29, 0.717) is 19.8 Å². The topological polar surface area (TPSA) is 59.6 Å². The summed E-state index contributed by atoms with van der Waals surface area (Å²) in [6.07, 6.45) is 0.821. The van der Waals surface area contributed by atoms with Gasteiger partial charge in [-0.3, -0.25) is 10.1 Å². The zero-order chi connectivity index (χ0) is 14.9. The van der Waals surface area contributed by atoms with Crippen LogP contribution in [0.1, 0.15) is 12.0 Å². The van der Waals surface area contributed by atoms with Crippen molar-refractivity contribution in [2.24, 2.45) is 0 Å². The quantitative estimate of drug-likeness (QED) is 0.703. The first-order chi connectivity index (χ1) is 10.3. The third-order valence-corrected chi connectivity index (χ3v) is 4.17. The lowest BCUT2D eigenvalue weighted by Crippen LogP contribution is -2.42. The normalized spacial score (nSPS) is 16.9. The molecule has 1 fully saturated rings. The van der Waals surface area contributed by atoms with Gasteiger partial charge in [-0.05, 0) is 24.1 Å². The molecule has 2 N–H and O–H groups in total. The van der Waals surface area contributed by atoms with Crippen molar-refractivity contribution in [1.82, 2.24) is 10.6 Å². The third-order valence-electron chi connectivity index (χ3n) is 3.23. The van der Waals surface area contributed by atoms with Crippen molar-refractivity contribution >= 4 is 30.1 Å². The number of amides is 1. The smallest absolute Gasteiger partial charge is 0.238 e. The van der Waals surface area contributed by atoms with Crippen LogP contribution in [-0.4, -0.2) is 43.8 Å². The van der Waals surface area contributed by atoms with Gasteiger partial charge in [0.15, 0.2) is 0 Å². The lowest BCUT2D eigenvalue weighted by molar-refractivity contribution is -0.122. The summed E-state index contributed by atoms with van der Waals surface area (Å²) in [5.74, 6) is 2.67. The molecule has 0 bridgehead atoms. The van der Waals surface area contributed by atoms with Gasteiger partial charge < -0.3 is 14.8 Å². The fourth-order valence-corrected chi connectivity index (χ4v) is 2.93. The SMILES string of the molecule is COc1ccc(COCCCNC(=O)C2CSCN2)cc1.Cl. The van der Waals surface area contributed by atoms with Crippen molar-refractivity contribution in [2.45, 2.75) is 19.1 Å². The Labute approximate surface area is 141 Å². The standard InChI is InChI=1S/C15H22N2O3S.ClH/c1-19-13-5-3-12(4-6-13)9-20-8-2-7-16-15(18)14-10-21-11-17-14;/h3-6,14,17H,2,7-11H2,1H3,(H,16,18);1H. The Bertz CT molecular complexity index is 439. The predicted molar refractivity (Wildman–Crippen MR) is 91.8 cm³/mol. The molecule has 1 heterocycles. The highest BCUT2D eigenvalue weighted by molar-refractivity contribution is 7.99. The van der Waals surface area contributed by atoms with Crippen molar-refractivity contribution in [3.8, 4) is 5.75 Å². The van der Waals surface area contributed by atoms with E-state index in [1.165, 1.54) is 0 Å². The highest BCUT2D eigenvalue weighted by atomic mass is 35.5. The van der Waals surface area contributed by atoms with E-state index in [-0.39, 0.29) is 24.4 Å². The molecule has 0 aromatic heterocycles. The third kappa shape index (κ3) is 6.44. The van der Waals surface area contributed by atoms with Crippen molar-refractivity contribution in [3.05, 3.63) is 29.8 Å². The van der Waals surface area contributed by atoms with E-state index in [9.17, 15) is 4.79 Å². The summed E-state index contributed by atoms with van der Waals surface area (Å²) >= 11 is 1.75. The molecule has 1 unspecified atom stereocenters. The number of carbonyl (C=O) groups excluding carboxylic acids is 1. The van der Waals surface area contributed by atoms with Crippen LogP contribution >= 0.6 is 24.2 Å². The Hall–Kier alpha value is -0.950. The molecule has 0 aliphatic carbocycles. The van der Waals surface area contributed by atoms with E-state index >= 15 is 0 Å². The molecule has 1 aromatic rings. The van der Waals surface area contributed by atoms with Crippen LogP contribution in [0.2, 0.25) is 0 Å². The zero-order valence-corrected chi connectivity index (χ0v) is 14.3. The molecule has 0 spiro atoms. The summed E-state index contributed by atoms with van der Waals surface area (Å²) in [5.41, 5.74) is 1.12. The molecule has 1 atom stereocenters. The molecular formula is C15H23ClN2O3S. The van der Waals surface area contributed by atoms with Gasteiger partial charge in [0.2, 0.25) is 5.91 Å². The van der Waals surface area contributed by atoms with Crippen molar-refractivity contribution in [1.29, 1.82) is 0 Å². The van der Waals surface area contributed by atoms with Crippen LogP contribution in [0.15, 0.2) is 24.3 Å². The van der Waals surface area contributed by atoms with Gasteiger partial charge in [-0.15, -0.1) is 24.2 Å². The summed E-state index contributed by atoms with van der Waals surface area (Å²) in [6.45, 7) is 1.88. The maximum absolute atomic E-state index is 11.7. The van der Waals surface area contributed by atoms with E-state index in [0.717, 1.165) is 29.4 Å². The first-order valence-electron chi connectivity index (χ1n) is 7.09. The molecule has 1 aliphatic heterocycles. The van der Waals surface area contributed by atoms with Crippen LogP contribution in [0.3, 0.4) is 0 Å². The number of hydrogen-bond acceptors (Lipinski definition) is 5. The lowest BCUT2D eigenvalue weighted by atomic mass is 10.2. The summed E-state index contributed by atoms with van der Waals surface area (Å²) in [4.78, 5) is 11.7. The fraction of sp³-hybridized carbons (Fsp3) is 0.533. The Morgan fingerprint density at radius 1 is 1.41 bits per heavy atom. The zero-order valence-electron chi connectivity index (χ0n) is 12.7. The molecule has 1 aromatic carbocycles. The summed E-state index contributed by atoms with van der Waals surface area (Å²) in [6, 6.07) is 7.79. The first kappa shape index (κ1) is 19.1. The highest BCUT2D eigenvalue weighted by Crippen LogP contribution is 2.12. The van der Waals surface area contributed by atoms with E-state index in [1.807, 2.05) is 24.3 Å². The summed E-state index contributed by atoms with van der Waals surface area (Å²) < 4.78 is 10.7. The molecule has 7 heteroatoms. The van der Waals surface area contributed by atoms with Gasteiger partial charge in [0.25, 0.3) is 0 Å². The van der Waals surface area contributed by atoms with Gasteiger partial charge in [-0.1, -0.05) is 12.1 Å². The molecule has 1 aliphatic rings. The number of ether oxygens (including phenoxy) is 2. The van der Waals surface area contributed by atoms with Gasteiger partial charge >= 0.3 is 0 Å². The van der Waals surface area contributed by atoms with E-state index in [1.54, 1.807) is 18.9 Å². The second-order valence-corrected chi connectivity index (χ2v) is 5.85. The Kier molecular flexibility index (Phi) is 9.31. The van der Waals surface area contributed by atoms with E-state index in [2.05, 4.69) is 10.6 Å². The number of rotatable bonds is 8. The van der Waals surface area contributed by atoms with Crippen LogP contribution in [0.5, 0.6) is 5.75 Å². The molecule has 2 rings (SSSR count). The van der Waals surface area contributed by atoms with Gasteiger partial charge in [0.05, 0.1) is 19.8 Å². The second kappa shape index (κ2) is 10.7. The molecule has 124 valence electrons. The minimum absolute atomic E-state index is 0. The highest BCUT2D eigenvalue weighted by Gasteiger charge is 2.21. The number of carbonyl (C=O) groups is 1. The largest absolute Gasteiger partial charge is 0.497 e. The molecule has 1 saturated heterocycles. The molecule has 0 radical (unpaired) electrons. The van der Waals surface area contributed by atoms with Crippen molar-refractivity contribution in [3.63, 3.8) is 0 Å². The number of methoxy groups -OCH3 is 1. The van der Waals surface area contributed by atoms with Gasteiger partial charge in [0, 0.05) is 24.8 Å². The Morgan fingerprint density at radius 3 is 2.82 bits per heavy atom. The number of nitrogens with one attached hydrogen (secondary N) is 2. The Balaban J connectivity index is 0.00000242. The number of hydrogen-bond donors (Lipinski definition) is 2. The maximum Gasteiger partial charge on any atom is 0.238 e. The summed E-state index contributed by atoms with van der Waals surface area (Å²) in [5, 5.41) is 6.08. The predicted octanol–water partition coefficient (Wildman–Crippen LogP) is 1.80.